The summed E-state index contributed by atoms with van der Waals surface area (Å²) in [6.07, 6.45) is -3.58. The Hall–Kier alpha value is -1.87. The quantitative estimate of drug-likeness (QED) is 0.481. The van der Waals surface area contributed by atoms with Crippen LogP contribution in [-0.4, -0.2) is 64.0 Å². The van der Waals surface area contributed by atoms with Crippen LogP contribution in [0.3, 0.4) is 0 Å². The van der Waals surface area contributed by atoms with Crippen LogP contribution in [0, 0.1) is 0 Å². The molecule has 21 heavy (non-hydrogen) atoms. The van der Waals surface area contributed by atoms with Gasteiger partial charge in [0.25, 0.3) is 5.91 Å². The van der Waals surface area contributed by atoms with Crippen LogP contribution >= 0.6 is 0 Å². The predicted molar refractivity (Wildman–Crippen MR) is 73.2 cm³/mol. The molecular formula is C12H23N3O6. The highest BCUT2D eigenvalue weighted by Gasteiger charge is 2.31. The van der Waals surface area contributed by atoms with Gasteiger partial charge in [-0.2, -0.15) is 0 Å². The third-order valence-electron chi connectivity index (χ3n) is 2.41. The Morgan fingerprint density at radius 2 is 1.76 bits per heavy atom. The number of aliphatic hydroxyl groups excluding tert-OH is 1. The molecule has 0 spiro atoms. The molecule has 0 radical (unpaired) electrons. The van der Waals surface area contributed by atoms with Gasteiger partial charge in [0.05, 0.1) is 6.10 Å². The maximum absolute atomic E-state index is 11.8. The lowest BCUT2D eigenvalue weighted by Crippen LogP contribution is -2.58. The molecule has 9 nitrogen and oxygen atoms in total. The van der Waals surface area contributed by atoms with Crippen LogP contribution in [0.25, 0.3) is 0 Å². The molecule has 0 bridgehead atoms. The molecule has 0 rings (SSSR count). The van der Waals surface area contributed by atoms with Gasteiger partial charge in [-0.25, -0.2) is 9.59 Å². The van der Waals surface area contributed by atoms with Gasteiger partial charge in [-0.15, -0.1) is 0 Å². The summed E-state index contributed by atoms with van der Waals surface area (Å²) in [4.78, 5) is 35.3. The van der Waals surface area contributed by atoms with Gasteiger partial charge in [0.15, 0.2) is 12.2 Å². The van der Waals surface area contributed by atoms with Gasteiger partial charge in [0, 0.05) is 7.05 Å². The number of nitrogens with two attached hydrogens (primary N) is 1. The fourth-order valence-corrected chi connectivity index (χ4v) is 1.25. The summed E-state index contributed by atoms with van der Waals surface area (Å²) in [5, 5.41) is 20.2. The first kappa shape index (κ1) is 19.1. The van der Waals surface area contributed by atoms with Gasteiger partial charge in [-0.3, -0.25) is 9.69 Å². The molecule has 0 aromatic heterocycles. The molecular weight excluding hydrogens is 282 g/mol. The molecule has 9 heteroatoms. The Labute approximate surface area is 123 Å². The molecule has 3 unspecified atom stereocenters. The molecule has 0 fully saturated rings. The number of carboxylic acids is 1. The lowest BCUT2D eigenvalue weighted by molar-refractivity contribution is -0.145. The van der Waals surface area contributed by atoms with Crippen molar-refractivity contribution in [1.82, 2.24) is 10.2 Å². The van der Waals surface area contributed by atoms with Crippen LogP contribution in [-0.2, 0) is 14.3 Å². The van der Waals surface area contributed by atoms with Gasteiger partial charge in [0.1, 0.15) is 5.60 Å². The van der Waals surface area contributed by atoms with Crippen molar-refractivity contribution in [3.8, 4) is 0 Å². The summed E-state index contributed by atoms with van der Waals surface area (Å²) in [6.45, 7) is 6.16. The average molecular weight is 305 g/mol. The van der Waals surface area contributed by atoms with Crippen LogP contribution in [0.1, 0.15) is 27.7 Å². The number of aliphatic carboxylic acids is 1. The number of rotatable bonds is 5. The zero-order valence-electron chi connectivity index (χ0n) is 12.8. The summed E-state index contributed by atoms with van der Waals surface area (Å²) in [5.41, 5.74) is 4.81. The zero-order chi connectivity index (χ0) is 17.0. The molecule has 0 aliphatic heterocycles. The third-order valence-corrected chi connectivity index (χ3v) is 2.41. The van der Waals surface area contributed by atoms with Crippen molar-refractivity contribution >= 4 is 18.0 Å². The van der Waals surface area contributed by atoms with E-state index in [1.807, 2.05) is 0 Å². The third kappa shape index (κ3) is 6.41. The Morgan fingerprint density at radius 3 is 2.10 bits per heavy atom. The number of likely N-dealkylation sites (N-methyl/N-ethyl adjacent to an activating group) is 1. The van der Waals surface area contributed by atoms with Crippen molar-refractivity contribution < 1.29 is 29.3 Å². The van der Waals surface area contributed by atoms with Gasteiger partial charge in [-0.1, -0.05) is 0 Å². The molecule has 0 heterocycles. The molecule has 0 aromatic carbocycles. The zero-order valence-corrected chi connectivity index (χ0v) is 12.8. The van der Waals surface area contributed by atoms with Crippen LogP contribution in [0.5, 0.6) is 0 Å². The summed E-state index contributed by atoms with van der Waals surface area (Å²) >= 11 is 0. The van der Waals surface area contributed by atoms with E-state index in [9.17, 15) is 19.5 Å². The van der Waals surface area contributed by atoms with E-state index in [4.69, 9.17) is 15.6 Å². The number of ether oxygens (including phenoxy) is 1. The molecule has 122 valence electrons. The second-order valence-electron chi connectivity index (χ2n) is 5.60. The van der Waals surface area contributed by atoms with Gasteiger partial charge < -0.3 is 26.0 Å². The van der Waals surface area contributed by atoms with Crippen LogP contribution in [0.2, 0.25) is 0 Å². The minimum atomic E-state index is -1.52. The number of aliphatic hydroxyl groups is 1. The van der Waals surface area contributed by atoms with Gasteiger partial charge >= 0.3 is 12.1 Å². The summed E-state index contributed by atoms with van der Waals surface area (Å²) in [6, 6.07) is -1.52. The highest BCUT2D eigenvalue weighted by atomic mass is 16.6. The van der Waals surface area contributed by atoms with E-state index in [1.54, 1.807) is 20.8 Å². The topological polar surface area (TPSA) is 142 Å². The number of nitrogens with zero attached hydrogens (tertiary/aromatic N) is 1. The van der Waals surface area contributed by atoms with Crippen molar-refractivity contribution in [2.24, 2.45) is 5.73 Å². The van der Waals surface area contributed by atoms with Crippen LogP contribution in [0.4, 0.5) is 4.79 Å². The molecule has 0 aliphatic carbocycles. The number of hydrogen-bond donors (Lipinski definition) is 4. The van der Waals surface area contributed by atoms with E-state index in [-0.39, 0.29) is 0 Å². The van der Waals surface area contributed by atoms with E-state index < -0.39 is 41.9 Å². The standard InChI is InChI=1S/C12H23N3O6/c1-6(16)7(10(18)19)14-9(17)8(13)15(5)11(20)21-12(2,3)4/h6-8,16H,13H2,1-5H3,(H,14,17)(H,18,19). The largest absolute Gasteiger partial charge is 0.480 e. The van der Waals surface area contributed by atoms with E-state index >= 15 is 0 Å². The molecule has 2 amide bonds. The van der Waals surface area contributed by atoms with Crippen molar-refractivity contribution in [2.45, 2.75) is 51.6 Å². The summed E-state index contributed by atoms with van der Waals surface area (Å²) < 4.78 is 5.03. The second kappa shape index (κ2) is 7.23. The molecule has 0 aromatic rings. The Kier molecular flexibility index (Phi) is 6.58. The number of carboxylic acid groups (broad SMARTS) is 1. The average Bonchev–Trinajstić information content (AvgIpc) is 2.30. The number of hydrogen-bond acceptors (Lipinski definition) is 6. The number of carbonyl (C=O) groups excluding carboxylic acids is 2. The monoisotopic (exact) mass is 305 g/mol. The normalized spacial score (nSPS) is 15.6. The smallest absolute Gasteiger partial charge is 0.411 e. The first-order valence-electron chi connectivity index (χ1n) is 6.29. The first-order chi connectivity index (χ1) is 9.36. The van der Waals surface area contributed by atoms with E-state index in [1.165, 1.54) is 14.0 Å². The number of nitrogens with one attached hydrogen (secondary N) is 1. The second-order valence-corrected chi connectivity index (χ2v) is 5.60. The maximum atomic E-state index is 11.8. The SMILES string of the molecule is CC(O)C(NC(=O)C(N)N(C)C(=O)OC(C)(C)C)C(=O)O. The Morgan fingerprint density at radius 1 is 1.29 bits per heavy atom. The van der Waals surface area contributed by atoms with Gasteiger partial charge in [0.2, 0.25) is 0 Å². The Balaban J connectivity index is 4.77. The molecule has 3 atom stereocenters. The van der Waals surface area contributed by atoms with Crippen molar-refractivity contribution in [3.05, 3.63) is 0 Å². The lowest BCUT2D eigenvalue weighted by atomic mass is 10.2. The fraction of sp³-hybridized carbons (Fsp3) is 0.750. The molecule has 5 N–H and O–H groups in total. The van der Waals surface area contributed by atoms with E-state index in [2.05, 4.69) is 5.32 Å². The van der Waals surface area contributed by atoms with E-state index in [0.29, 0.717) is 0 Å². The van der Waals surface area contributed by atoms with Gasteiger partial charge in [-0.05, 0) is 27.7 Å². The first-order valence-corrected chi connectivity index (χ1v) is 6.29. The highest BCUT2D eigenvalue weighted by Crippen LogP contribution is 2.09. The summed E-state index contributed by atoms with van der Waals surface area (Å²) in [7, 11) is 1.25. The fourth-order valence-electron chi connectivity index (χ4n) is 1.25. The Bertz CT molecular complexity index is 404. The molecule has 0 saturated carbocycles. The highest BCUT2D eigenvalue weighted by molar-refractivity contribution is 5.88. The lowest BCUT2D eigenvalue weighted by Gasteiger charge is -2.28. The van der Waals surface area contributed by atoms with Crippen molar-refractivity contribution in [3.63, 3.8) is 0 Å². The summed E-state index contributed by atoms with van der Waals surface area (Å²) in [5.74, 6) is -2.33. The van der Waals surface area contributed by atoms with Crippen molar-refractivity contribution in [1.29, 1.82) is 0 Å². The minimum Gasteiger partial charge on any atom is -0.480 e. The minimum absolute atomic E-state index is 0.759. The molecule has 0 aliphatic rings. The number of amides is 2. The van der Waals surface area contributed by atoms with Crippen molar-refractivity contribution in [2.75, 3.05) is 7.05 Å². The van der Waals surface area contributed by atoms with Crippen LogP contribution in [0.15, 0.2) is 0 Å². The van der Waals surface area contributed by atoms with Crippen LogP contribution < -0.4 is 11.1 Å². The number of carbonyl (C=O) groups is 3. The van der Waals surface area contributed by atoms with E-state index in [0.717, 1.165) is 4.90 Å². The molecule has 0 saturated heterocycles. The maximum Gasteiger partial charge on any atom is 0.411 e. The predicted octanol–water partition coefficient (Wildman–Crippen LogP) is -0.912.